The molecule has 0 atom stereocenters. The Labute approximate surface area is 120 Å². The second-order valence-corrected chi connectivity index (χ2v) is 5.21. The van der Waals surface area contributed by atoms with E-state index in [0.29, 0.717) is 6.61 Å². The minimum Gasteiger partial charge on any atom is -0.494 e. The molecule has 2 aromatic rings. The predicted octanol–water partition coefficient (Wildman–Crippen LogP) is 3.18. The van der Waals surface area contributed by atoms with Crippen LogP contribution in [-0.2, 0) is 19.6 Å². The Morgan fingerprint density at radius 1 is 1.10 bits per heavy atom. The summed E-state index contributed by atoms with van der Waals surface area (Å²) in [7, 11) is 0. The van der Waals surface area contributed by atoms with Crippen LogP contribution in [-0.4, -0.2) is 11.5 Å². The van der Waals surface area contributed by atoms with E-state index in [0.717, 1.165) is 31.1 Å². The molecule has 1 aliphatic rings. The molecule has 0 spiro atoms. The Kier molecular flexibility index (Phi) is 3.61. The van der Waals surface area contributed by atoms with E-state index in [2.05, 4.69) is 29.2 Å². The second-order valence-electron chi connectivity index (χ2n) is 5.21. The molecule has 0 bridgehead atoms. The topological polar surface area (TPSA) is 38.5 Å². The van der Waals surface area contributed by atoms with Crippen molar-refractivity contribution in [2.24, 2.45) is 0 Å². The fourth-order valence-electron chi connectivity index (χ4n) is 2.78. The maximum absolute atomic E-state index is 5.91. The highest BCUT2D eigenvalue weighted by molar-refractivity contribution is 5.48. The number of hydrogen-bond acceptors (Lipinski definition) is 3. The van der Waals surface area contributed by atoms with Gasteiger partial charge in [0.15, 0.2) is 0 Å². The Balaban J connectivity index is 1.78. The Bertz CT molecular complexity index is 585. The zero-order valence-electron chi connectivity index (χ0n) is 11.8. The second kappa shape index (κ2) is 5.55. The van der Waals surface area contributed by atoms with Gasteiger partial charge in [-0.2, -0.15) is 0 Å². The summed E-state index contributed by atoms with van der Waals surface area (Å²) in [6, 6.07) is 14.5. The van der Waals surface area contributed by atoms with E-state index in [4.69, 9.17) is 10.5 Å². The highest BCUT2D eigenvalue weighted by atomic mass is 16.5. The van der Waals surface area contributed by atoms with Crippen LogP contribution in [0.25, 0.3) is 0 Å². The molecule has 2 aromatic carbocycles. The number of nitrogen functional groups attached to an aromatic ring is 1. The highest BCUT2D eigenvalue weighted by Crippen LogP contribution is 2.28. The number of hydrogen-bond donors (Lipinski definition) is 1. The van der Waals surface area contributed by atoms with Crippen molar-refractivity contribution < 1.29 is 4.74 Å². The van der Waals surface area contributed by atoms with Crippen LogP contribution in [0, 0.1) is 0 Å². The molecule has 0 unspecified atom stereocenters. The van der Waals surface area contributed by atoms with Gasteiger partial charge >= 0.3 is 0 Å². The number of nitrogens with two attached hydrogens (primary N) is 1. The van der Waals surface area contributed by atoms with E-state index in [9.17, 15) is 0 Å². The van der Waals surface area contributed by atoms with E-state index in [1.807, 2.05) is 25.1 Å². The molecular formula is C17H20N2O. The summed E-state index contributed by atoms with van der Waals surface area (Å²) >= 11 is 0. The van der Waals surface area contributed by atoms with Gasteiger partial charge < -0.3 is 10.5 Å². The van der Waals surface area contributed by atoms with Crippen LogP contribution < -0.4 is 10.5 Å². The summed E-state index contributed by atoms with van der Waals surface area (Å²) in [5.74, 6) is 0.942. The van der Waals surface area contributed by atoms with Gasteiger partial charge in [0, 0.05) is 30.9 Å². The maximum atomic E-state index is 5.91. The lowest BCUT2D eigenvalue weighted by Gasteiger charge is -2.18. The number of anilines is 1. The number of benzene rings is 2. The predicted molar refractivity (Wildman–Crippen MR) is 81.4 cm³/mol. The first-order valence-corrected chi connectivity index (χ1v) is 7.06. The SMILES string of the molecule is CCOc1ccc(N)cc1CN1Cc2ccccc2C1. The van der Waals surface area contributed by atoms with E-state index >= 15 is 0 Å². The summed E-state index contributed by atoms with van der Waals surface area (Å²) in [6.07, 6.45) is 0. The lowest BCUT2D eigenvalue weighted by atomic mass is 10.1. The van der Waals surface area contributed by atoms with Gasteiger partial charge in [-0.15, -0.1) is 0 Å². The smallest absolute Gasteiger partial charge is 0.123 e. The lowest BCUT2D eigenvalue weighted by Crippen LogP contribution is -2.16. The minimum atomic E-state index is 0.678. The molecule has 3 nitrogen and oxygen atoms in total. The van der Waals surface area contributed by atoms with Crippen molar-refractivity contribution >= 4 is 5.69 Å². The zero-order valence-corrected chi connectivity index (χ0v) is 11.8. The van der Waals surface area contributed by atoms with Gasteiger partial charge in [0.2, 0.25) is 0 Å². The van der Waals surface area contributed by atoms with Gasteiger partial charge in [-0.25, -0.2) is 0 Å². The molecule has 0 fully saturated rings. The molecule has 3 heteroatoms. The van der Waals surface area contributed by atoms with Crippen LogP contribution in [0.3, 0.4) is 0 Å². The van der Waals surface area contributed by atoms with Gasteiger partial charge in [-0.1, -0.05) is 24.3 Å². The van der Waals surface area contributed by atoms with E-state index in [-0.39, 0.29) is 0 Å². The van der Waals surface area contributed by atoms with Crippen LogP contribution in [0.5, 0.6) is 5.75 Å². The largest absolute Gasteiger partial charge is 0.494 e. The fourth-order valence-corrected chi connectivity index (χ4v) is 2.78. The molecule has 1 aliphatic heterocycles. The Morgan fingerprint density at radius 3 is 2.45 bits per heavy atom. The first-order chi connectivity index (χ1) is 9.76. The summed E-state index contributed by atoms with van der Waals surface area (Å²) in [6.45, 7) is 5.55. The van der Waals surface area contributed by atoms with Crippen molar-refractivity contribution in [3.63, 3.8) is 0 Å². The maximum Gasteiger partial charge on any atom is 0.123 e. The Morgan fingerprint density at radius 2 is 1.80 bits per heavy atom. The van der Waals surface area contributed by atoms with Gasteiger partial charge in [0.05, 0.1) is 6.61 Å². The third-order valence-electron chi connectivity index (χ3n) is 3.68. The molecule has 1 heterocycles. The molecule has 0 saturated heterocycles. The van der Waals surface area contributed by atoms with E-state index in [1.165, 1.54) is 16.7 Å². The van der Waals surface area contributed by atoms with Gasteiger partial charge in [0.25, 0.3) is 0 Å². The molecule has 2 N–H and O–H groups in total. The van der Waals surface area contributed by atoms with Gasteiger partial charge in [0.1, 0.15) is 5.75 Å². The molecule has 20 heavy (non-hydrogen) atoms. The average molecular weight is 268 g/mol. The minimum absolute atomic E-state index is 0.678. The van der Waals surface area contributed by atoms with Crippen molar-refractivity contribution in [2.45, 2.75) is 26.6 Å². The highest BCUT2D eigenvalue weighted by Gasteiger charge is 2.19. The van der Waals surface area contributed by atoms with E-state index in [1.54, 1.807) is 0 Å². The number of fused-ring (bicyclic) bond motifs is 1. The number of nitrogens with zero attached hydrogens (tertiary/aromatic N) is 1. The monoisotopic (exact) mass is 268 g/mol. The molecule has 0 amide bonds. The first kappa shape index (κ1) is 13.0. The standard InChI is InChI=1S/C17H20N2O/c1-2-20-17-8-7-16(18)9-15(17)12-19-10-13-5-3-4-6-14(13)11-19/h3-9H,2,10-12,18H2,1H3. The molecule has 104 valence electrons. The molecule has 0 aromatic heterocycles. The summed E-state index contributed by atoms with van der Waals surface area (Å²) in [4.78, 5) is 2.42. The molecule has 0 radical (unpaired) electrons. The van der Waals surface area contributed by atoms with Crippen molar-refractivity contribution in [3.8, 4) is 5.75 Å². The fraction of sp³-hybridized carbons (Fsp3) is 0.294. The van der Waals surface area contributed by atoms with E-state index < -0.39 is 0 Å². The van der Waals surface area contributed by atoms with Crippen molar-refractivity contribution in [1.29, 1.82) is 0 Å². The van der Waals surface area contributed by atoms with Gasteiger partial charge in [-0.05, 0) is 36.2 Å². The van der Waals surface area contributed by atoms with Gasteiger partial charge in [-0.3, -0.25) is 4.90 Å². The normalized spacial score (nSPS) is 14.2. The lowest BCUT2D eigenvalue weighted by molar-refractivity contribution is 0.265. The molecule has 0 saturated carbocycles. The molecule has 0 aliphatic carbocycles. The quantitative estimate of drug-likeness (QED) is 0.866. The van der Waals surface area contributed by atoms with Crippen molar-refractivity contribution in [1.82, 2.24) is 4.90 Å². The number of ether oxygens (including phenoxy) is 1. The average Bonchev–Trinajstić information content (AvgIpc) is 2.84. The summed E-state index contributed by atoms with van der Waals surface area (Å²) < 4.78 is 5.70. The van der Waals surface area contributed by atoms with Crippen LogP contribution in [0.1, 0.15) is 23.6 Å². The number of rotatable bonds is 4. The third kappa shape index (κ3) is 2.63. The Hall–Kier alpha value is -2.00. The summed E-state index contributed by atoms with van der Waals surface area (Å²) in [5, 5.41) is 0. The third-order valence-corrected chi connectivity index (χ3v) is 3.68. The van der Waals surface area contributed by atoms with Crippen LogP contribution in [0.2, 0.25) is 0 Å². The van der Waals surface area contributed by atoms with Crippen LogP contribution >= 0.6 is 0 Å². The van der Waals surface area contributed by atoms with Crippen LogP contribution in [0.15, 0.2) is 42.5 Å². The zero-order chi connectivity index (χ0) is 13.9. The van der Waals surface area contributed by atoms with Crippen LogP contribution in [0.4, 0.5) is 5.69 Å². The summed E-state index contributed by atoms with van der Waals surface area (Å²) in [5.41, 5.74) is 10.7. The van der Waals surface area contributed by atoms with Crippen molar-refractivity contribution in [3.05, 3.63) is 59.2 Å². The van der Waals surface area contributed by atoms with Crippen molar-refractivity contribution in [2.75, 3.05) is 12.3 Å². The molecular weight excluding hydrogens is 248 g/mol. The first-order valence-electron chi connectivity index (χ1n) is 7.06. The molecule has 3 rings (SSSR count).